The first-order chi connectivity index (χ1) is 10.0. The lowest BCUT2D eigenvalue weighted by atomic mass is 9.62. The first-order valence-corrected chi connectivity index (χ1v) is 7.26. The number of ketones is 1. The summed E-state index contributed by atoms with van der Waals surface area (Å²) in [6, 6.07) is 9.28. The molecule has 1 heterocycles. The van der Waals surface area contributed by atoms with Crippen LogP contribution in [0.25, 0.3) is 0 Å². The molecule has 0 aromatic heterocycles. The number of allylic oxidation sites excluding steroid dienone is 3. The van der Waals surface area contributed by atoms with E-state index in [-0.39, 0.29) is 17.6 Å². The summed E-state index contributed by atoms with van der Waals surface area (Å²) in [6.45, 7) is 2.03. The molecular weight excluding hydrogens is 262 g/mol. The normalized spacial score (nSPS) is 28.1. The standard InChI is InChI=1S/C18H19NO2/c1-13-8-9-18(16(20)14-6-4-3-5-7-14)10-11-19(2)17(21)15(18)12-13/h3-8,10-11,15H,9,12H2,1-2H3/t15-,18-/m1/s1. The molecule has 1 aliphatic carbocycles. The van der Waals surface area contributed by atoms with Gasteiger partial charge in [-0.3, -0.25) is 9.59 Å². The van der Waals surface area contributed by atoms with Gasteiger partial charge in [-0.15, -0.1) is 0 Å². The molecule has 2 atom stereocenters. The van der Waals surface area contributed by atoms with Crippen molar-refractivity contribution in [2.24, 2.45) is 11.3 Å². The number of carbonyl (C=O) groups is 2. The third-order valence-corrected chi connectivity index (χ3v) is 4.64. The van der Waals surface area contributed by atoms with Crippen LogP contribution in [0.15, 0.2) is 54.3 Å². The smallest absolute Gasteiger partial charge is 0.231 e. The van der Waals surface area contributed by atoms with E-state index in [4.69, 9.17) is 0 Å². The third-order valence-electron chi connectivity index (χ3n) is 4.64. The van der Waals surface area contributed by atoms with Crippen LogP contribution < -0.4 is 0 Å². The molecule has 0 spiro atoms. The molecule has 2 aliphatic rings. The molecular formula is C18H19NO2. The summed E-state index contributed by atoms with van der Waals surface area (Å²) in [5.74, 6) is -0.200. The number of hydrogen-bond acceptors (Lipinski definition) is 2. The first kappa shape index (κ1) is 13.8. The summed E-state index contributed by atoms with van der Waals surface area (Å²) in [5, 5.41) is 0. The van der Waals surface area contributed by atoms with Gasteiger partial charge in [-0.05, 0) is 19.8 Å². The van der Waals surface area contributed by atoms with Crippen LogP contribution in [-0.4, -0.2) is 23.6 Å². The highest BCUT2D eigenvalue weighted by atomic mass is 16.2. The predicted octanol–water partition coefficient (Wildman–Crippen LogP) is 3.20. The lowest BCUT2D eigenvalue weighted by molar-refractivity contribution is -0.135. The average molecular weight is 281 g/mol. The Bertz CT molecular complexity index is 644. The molecule has 3 heteroatoms. The SMILES string of the molecule is CC1=CC[C@@]2(C(=O)c3ccccc3)C=CN(C)C(=O)[C@H]2C1. The van der Waals surface area contributed by atoms with Crippen LogP contribution in [0, 0.1) is 11.3 Å². The minimum Gasteiger partial charge on any atom is -0.322 e. The van der Waals surface area contributed by atoms with Crippen LogP contribution in [0.2, 0.25) is 0 Å². The molecule has 0 saturated heterocycles. The van der Waals surface area contributed by atoms with E-state index in [0.29, 0.717) is 18.4 Å². The van der Waals surface area contributed by atoms with Crippen molar-refractivity contribution in [1.82, 2.24) is 4.90 Å². The molecule has 1 aliphatic heterocycles. The van der Waals surface area contributed by atoms with E-state index in [0.717, 1.165) is 0 Å². The van der Waals surface area contributed by atoms with Crippen LogP contribution in [0.4, 0.5) is 0 Å². The van der Waals surface area contributed by atoms with Crippen molar-refractivity contribution in [2.75, 3.05) is 7.05 Å². The van der Waals surface area contributed by atoms with Crippen molar-refractivity contribution >= 4 is 11.7 Å². The fourth-order valence-corrected chi connectivity index (χ4v) is 3.31. The first-order valence-electron chi connectivity index (χ1n) is 7.26. The van der Waals surface area contributed by atoms with Gasteiger partial charge in [0.15, 0.2) is 5.78 Å². The Kier molecular flexibility index (Phi) is 3.28. The van der Waals surface area contributed by atoms with Crippen molar-refractivity contribution < 1.29 is 9.59 Å². The van der Waals surface area contributed by atoms with Crippen LogP contribution in [0.5, 0.6) is 0 Å². The monoisotopic (exact) mass is 281 g/mol. The number of amides is 1. The summed E-state index contributed by atoms with van der Waals surface area (Å²) < 4.78 is 0. The fourth-order valence-electron chi connectivity index (χ4n) is 3.31. The van der Waals surface area contributed by atoms with Crippen molar-refractivity contribution in [2.45, 2.75) is 19.8 Å². The van der Waals surface area contributed by atoms with E-state index in [1.54, 1.807) is 18.1 Å². The second-order valence-corrected chi connectivity index (χ2v) is 6.01. The lowest BCUT2D eigenvalue weighted by Gasteiger charge is -2.43. The molecule has 1 amide bonds. The van der Waals surface area contributed by atoms with Crippen molar-refractivity contribution in [1.29, 1.82) is 0 Å². The number of nitrogens with zero attached hydrogens (tertiary/aromatic N) is 1. The van der Waals surface area contributed by atoms with E-state index in [9.17, 15) is 9.59 Å². The van der Waals surface area contributed by atoms with Crippen molar-refractivity contribution in [3.63, 3.8) is 0 Å². The Morgan fingerprint density at radius 1 is 1.29 bits per heavy atom. The summed E-state index contributed by atoms with van der Waals surface area (Å²) in [6.07, 6.45) is 7.03. The van der Waals surface area contributed by atoms with Gasteiger partial charge >= 0.3 is 0 Å². The molecule has 0 N–H and O–H groups in total. The number of carbonyl (C=O) groups excluding carboxylic acids is 2. The van der Waals surface area contributed by atoms with Gasteiger partial charge in [-0.2, -0.15) is 0 Å². The Balaban J connectivity index is 2.09. The highest BCUT2D eigenvalue weighted by molar-refractivity contribution is 6.05. The van der Waals surface area contributed by atoms with Gasteiger partial charge in [0.2, 0.25) is 5.91 Å². The van der Waals surface area contributed by atoms with Crippen molar-refractivity contribution in [3.05, 3.63) is 59.8 Å². The second kappa shape index (κ2) is 4.99. The maximum absolute atomic E-state index is 13.1. The fraction of sp³-hybridized carbons (Fsp3) is 0.333. The molecule has 0 fully saturated rings. The molecule has 0 bridgehead atoms. The molecule has 0 saturated carbocycles. The van der Waals surface area contributed by atoms with Gasteiger partial charge in [-0.1, -0.05) is 48.1 Å². The zero-order chi connectivity index (χ0) is 15.0. The maximum Gasteiger partial charge on any atom is 0.231 e. The van der Waals surface area contributed by atoms with E-state index >= 15 is 0 Å². The molecule has 108 valence electrons. The Morgan fingerprint density at radius 2 is 2.00 bits per heavy atom. The van der Waals surface area contributed by atoms with Gasteiger partial charge in [0.05, 0.1) is 11.3 Å². The summed E-state index contributed by atoms with van der Waals surface area (Å²) >= 11 is 0. The topological polar surface area (TPSA) is 37.4 Å². The highest BCUT2D eigenvalue weighted by Crippen LogP contribution is 2.47. The number of hydrogen-bond donors (Lipinski definition) is 0. The Labute approximate surface area is 125 Å². The molecule has 1 aromatic rings. The lowest BCUT2D eigenvalue weighted by Crippen LogP contribution is -2.49. The van der Waals surface area contributed by atoms with Crippen molar-refractivity contribution in [3.8, 4) is 0 Å². The van der Waals surface area contributed by atoms with E-state index in [1.807, 2.05) is 43.3 Å². The molecule has 3 rings (SSSR count). The number of Topliss-reactive ketones (excluding diaryl/α,β-unsaturated/α-hetero) is 1. The van der Waals surface area contributed by atoms with E-state index in [2.05, 4.69) is 6.08 Å². The average Bonchev–Trinajstić information content (AvgIpc) is 2.52. The molecule has 1 aromatic carbocycles. The zero-order valence-corrected chi connectivity index (χ0v) is 12.4. The third kappa shape index (κ3) is 2.13. The van der Waals surface area contributed by atoms with Gasteiger partial charge < -0.3 is 4.90 Å². The molecule has 3 nitrogen and oxygen atoms in total. The summed E-state index contributed by atoms with van der Waals surface area (Å²) in [4.78, 5) is 27.2. The number of rotatable bonds is 2. The Hall–Kier alpha value is -2.16. The minimum absolute atomic E-state index is 0.0363. The van der Waals surface area contributed by atoms with Gasteiger partial charge in [0.1, 0.15) is 0 Å². The molecule has 0 unspecified atom stereocenters. The summed E-state index contributed by atoms with van der Waals surface area (Å²) in [5.41, 5.74) is 1.15. The van der Waals surface area contributed by atoms with Crippen LogP contribution in [-0.2, 0) is 4.79 Å². The second-order valence-electron chi connectivity index (χ2n) is 6.01. The molecule has 21 heavy (non-hydrogen) atoms. The van der Waals surface area contributed by atoms with Gasteiger partial charge in [-0.25, -0.2) is 0 Å². The maximum atomic E-state index is 13.1. The van der Waals surface area contributed by atoms with Crippen LogP contribution in [0.3, 0.4) is 0 Å². The van der Waals surface area contributed by atoms with Gasteiger partial charge in [0.25, 0.3) is 0 Å². The van der Waals surface area contributed by atoms with Crippen LogP contribution >= 0.6 is 0 Å². The predicted molar refractivity (Wildman–Crippen MR) is 81.6 cm³/mol. The summed E-state index contributed by atoms with van der Waals surface area (Å²) in [7, 11) is 1.75. The number of benzene rings is 1. The largest absolute Gasteiger partial charge is 0.322 e. The van der Waals surface area contributed by atoms with Crippen LogP contribution in [0.1, 0.15) is 30.1 Å². The van der Waals surface area contributed by atoms with E-state index < -0.39 is 5.41 Å². The quantitative estimate of drug-likeness (QED) is 0.616. The highest BCUT2D eigenvalue weighted by Gasteiger charge is 2.50. The van der Waals surface area contributed by atoms with E-state index in [1.165, 1.54) is 5.57 Å². The molecule has 0 radical (unpaired) electrons. The van der Waals surface area contributed by atoms with Gasteiger partial charge in [0, 0.05) is 18.8 Å². The Morgan fingerprint density at radius 3 is 2.71 bits per heavy atom. The minimum atomic E-state index is -0.718. The zero-order valence-electron chi connectivity index (χ0n) is 12.4. The number of fused-ring (bicyclic) bond motifs is 1.